The smallest absolute Gasteiger partial charge is 0.191 e. The molecule has 0 saturated carbocycles. The van der Waals surface area contributed by atoms with Gasteiger partial charge in [-0.05, 0) is 38.0 Å². The van der Waals surface area contributed by atoms with Crippen molar-refractivity contribution in [1.82, 2.24) is 10.6 Å². The standard InChI is InChI=1S/C14H22N4/c1-11(2)18-13-6-3-5-12(9-13)10-17-14-15-7-4-8-16-14/h3,5-6,9,11,18H,4,7-8,10H2,1-2H3,(H2,15,16,17). The number of rotatable bonds is 4. The lowest BCUT2D eigenvalue weighted by atomic mass is 10.2. The maximum absolute atomic E-state index is 4.39. The Balaban J connectivity index is 1.90. The van der Waals surface area contributed by atoms with Crippen molar-refractivity contribution < 1.29 is 0 Å². The molecule has 1 aromatic carbocycles. The minimum atomic E-state index is 0.456. The highest BCUT2D eigenvalue weighted by atomic mass is 15.2. The molecule has 1 aliphatic heterocycles. The molecule has 98 valence electrons. The average molecular weight is 246 g/mol. The maximum Gasteiger partial charge on any atom is 0.191 e. The largest absolute Gasteiger partial charge is 0.383 e. The van der Waals surface area contributed by atoms with Gasteiger partial charge in [0, 0.05) is 31.4 Å². The van der Waals surface area contributed by atoms with Crippen LogP contribution < -0.4 is 16.0 Å². The van der Waals surface area contributed by atoms with E-state index in [9.17, 15) is 0 Å². The van der Waals surface area contributed by atoms with Crippen LogP contribution in [-0.2, 0) is 6.54 Å². The molecule has 0 radical (unpaired) electrons. The van der Waals surface area contributed by atoms with Crippen LogP contribution in [0.2, 0.25) is 0 Å². The van der Waals surface area contributed by atoms with Crippen molar-refractivity contribution in [1.29, 1.82) is 0 Å². The lowest BCUT2D eigenvalue weighted by molar-refractivity contribution is 0.702. The summed E-state index contributed by atoms with van der Waals surface area (Å²) in [4.78, 5) is 4.39. The van der Waals surface area contributed by atoms with Crippen LogP contribution in [0.5, 0.6) is 0 Å². The molecule has 1 aromatic rings. The molecule has 2 rings (SSSR count). The maximum atomic E-state index is 4.39. The third-order valence-corrected chi connectivity index (χ3v) is 2.74. The first-order chi connectivity index (χ1) is 8.74. The Labute approximate surface area is 109 Å². The number of guanidine groups is 1. The zero-order chi connectivity index (χ0) is 12.8. The number of hydrogen-bond donors (Lipinski definition) is 3. The molecule has 3 N–H and O–H groups in total. The lowest BCUT2D eigenvalue weighted by Crippen LogP contribution is -2.40. The fraction of sp³-hybridized carbons (Fsp3) is 0.500. The highest BCUT2D eigenvalue weighted by molar-refractivity contribution is 5.80. The van der Waals surface area contributed by atoms with E-state index in [1.54, 1.807) is 0 Å². The summed E-state index contributed by atoms with van der Waals surface area (Å²) in [5, 5.41) is 10.00. The summed E-state index contributed by atoms with van der Waals surface area (Å²) < 4.78 is 0. The van der Waals surface area contributed by atoms with E-state index in [0.717, 1.165) is 32.0 Å². The molecule has 4 heteroatoms. The summed E-state index contributed by atoms with van der Waals surface area (Å²) in [6, 6.07) is 8.94. The fourth-order valence-corrected chi connectivity index (χ4v) is 1.94. The van der Waals surface area contributed by atoms with E-state index < -0.39 is 0 Å². The van der Waals surface area contributed by atoms with Crippen LogP contribution >= 0.6 is 0 Å². The molecular weight excluding hydrogens is 224 g/mol. The first kappa shape index (κ1) is 12.7. The predicted molar refractivity (Wildman–Crippen MR) is 77.0 cm³/mol. The Hall–Kier alpha value is -1.71. The minimum Gasteiger partial charge on any atom is -0.383 e. The van der Waals surface area contributed by atoms with E-state index in [1.807, 2.05) is 0 Å². The highest BCUT2D eigenvalue weighted by Crippen LogP contribution is 2.11. The Bertz CT molecular complexity index is 412. The van der Waals surface area contributed by atoms with Gasteiger partial charge >= 0.3 is 0 Å². The van der Waals surface area contributed by atoms with Crippen LogP contribution in [0.15, 0.2) is 29.3 Å². The van der Waals surface area contributed by atoms with Crippen molar-refractivity contribution in [3.63, 3.8) is 0 Å². The summed E-state index contributed by atoms with van der Waals surface area (Å²) in [5.41, 5.74) is 2.43. The van der Waals surface area contributed by atoms with Crippen molar-refractivity contribution in [3.05, 3.63) is 29.8 Å². The molecule has 1 aliphatic rings. The zero-order valence-electron chi connectivity index (χ0n) is 11.2. The molecule has 0 aromatic heterocycles. The summed E-state index contributed by atoms with van der Waals surface area (Å²) >= 11 is 0. The molecule has 18 heavy (non-hydrogen) atoms. The van der Waals surface area contributed by atoms with Crippen LogP contribution in [0.3, 0.4) is 0 Å². The first-order valence-corrected chi connectivity index (χ1v) is 6.62. The third-order valence-electron chi connectivity index (χ3n) is 2.74. The van der Waals surface area contributed by atoms with E-state index in [0.29, 0.717) is 6.04 Å². The van der Waals surface area contributed by atoms with Crippen molar-refractivity contribution in [3.8, 4) is 0 Å². The monoisotopic (exact) mass is 246 g/mol. The van der Waals surface area contributed by atoms with E-state index in [-0.39, 0.29) is 0 Å². The Morgan fingerprint density at radius 3 is 3.00 bits per heavy atom. The second-order valence-electron chi connectivity index (χ2n) is 4.86. The molecule has 0 amide bonds. The topological polar surface area (TPSA) is 48.5 Å². The molecule has 0 bridgehead atoms. The number of aliphatic imine (C=N–C) groups is 1. The highest BCUT2D eigenvalue weighted by Gasteiger charge is 2.03. The molecule has 0 saturated heterocycles. The van der Waals surface area contributed by atoms with E-state index in [1.165, 1.54) is 11.3 Å². The molecule has 0 fully saturated rings. The molecule has 0 unspecified atom stereocenters. The van der Waals surface area contributed by atoms with Crippen molar-refractivity contribution in [2.45, 2.75) is 32.9 Å². The minimum absolute atomic E-state index is 0.456. The number of nitrogens with one attached hydrogen (secondary N) is 3. The van der Waals surface area contributed by atoms with Crippen LogP contribution in [0.25, 0.3) is 0 Å². The van der Waals surface area contributed by atoms with E-state index in [2.05, 4.69) is 59.1 Å². The summed E-state index contributed by atoms with van der Waals surface area (Å²) in [5.74, 6) is 0.920. The quantitative estimate of drug-likeness (QED) is 0.761. The van der Waals surface area contributed by atoms with Crippen molar-refractivity contribution >= 4 is 11.6 Å². The van der Waals surface area contributed by atoms with Crippen LogP contribution in [0.1, 0.15) is 25.8 Å². The second kappa shape index (κ2) is 6.28. The van der Waals surface area contributed by atoms with Crippen LogP contribution in [0, 0.1) is 0 Å². The summed E-state index contributed by atoms with van der Waals surface area (Å²) in [7, 11) is 0. The molecule has 0 atom stereocenters. The van der Waals surface area contributed by atoms with Gasteiger partial charge in [-0.25, -0.2) is 0 Å². The van der Waals surface area contributed by atoms with Gasteiger partial charge in [0.25, 0.3) is 0 Å². The van der Waals surface area contributed by atoms with E-state index >= 15 is 0 Å². The molecule has 0 aliphatic carbocycles. The Kier molecular flexibility index (Phi) is 4.45. The SMILES string of the molecule is CC(C)Nc1cccc(CNC2=NCCCN2)c1. The Morgan fingerprint density at radius 1 is 1.39 bits per heavy atom. The number of benzene rings is 1. The summed E-state index contributed by atoms with van der Waals surface area (Å²) in [6.07, 6.45) is 1.12. The Morgan fingerprint density at radius 2 is 2.28 bits per heavy atom. The van der Waals surface area contributed by atoms with Gasteiger partial charge in [0.2, 0.25) is 0 Å². The van der Waals surface area contributed by atoms with Crippen molar-refractivity contribution in [2.75, 3.05) is 18.4 Å². The second-order valence-corrected chi connectivity index (χ2v) is 4.86. The van der Waals surface area contributed by atoms with Crippen LogP contribution in [0.4, 0.5) is 5.69 Å². The average Bonchev–Trinajstić information content (AvgIpc) is 2.37. The molecule has 1 heterocycles. The van der Waals surface area contributed by atoms with Gasteiger partial charge in [-0.2, -0.15) is 0 Å². The number of anilines is 1. The zero-order valence-corrected chi connectivity index (χ0v) is 11.2. The summed E-state index contributed by atoms with van der Waals surface area (Å²) in [6.45, 7) is 7.03. The first-order valence-electron chi connectivity index (χ1n) is 6.62. The number of hydrogen-bond acceptors (Lipinski definition) is 4. The fourth-order valence-electron chi connectivity index (χ4n) is 1.94. The molecule has 0 spiro atoms. The van der Waals surface area contributed by atoms with Gasteiger partial charge in [-0.15, -0.1) is 0 Å². The van der Waals surface area contributed by atoms with Gasteiger partial charge < -0.3 is 16.0 Å². The van der Waals surface area contributed by atoms with Crippen molar-refractivity contribution in [2.24, 2.45) is 4.99 Å². The van der Waals surface area contributed by atoms with Gasteiger partial charge in [-0.3, -0.25) is 4.99 Å². The predicted octanol–water partition coefficient (Wildman–Crippen LogP) is 1.95. The van der Waals surface area contributed by atoms with Gasteiger partial charge in [-0.1, -0.05) is 12.1 Å². The van der Waals surface area contributed by atoms with Gasteiger partial charge in [0.1, 0.15) is 0 Å². The van der Waals surface area contributed by atoms with Gasteiger partial charge in [0.05, 0.1) is 0 Å². The van der Waals surface area contributed by atoms with E-state index in [4.69, 9.17) is 0 Å². The molecule has 4 nitrogen and oxygen atoms in total. The third kappa shape index (κ3) is 3.95. The number of nitrogens with zero attached hydrogens (tertiary/aromatic N) is 1. The van der Waals surface area contributed by atoms with Gasteiger partial charge in [0.15, 0.2) is 5.96 Å². The van der Waals surface area contributed by atoms with Crippen LogP contribution in [-0.4, -0.2) is 25.1 Å². The lowest BCUT2D eigenvalue weighted by Gasteiger charge is -2.16. The molecular formula is C14H22N4. The normalized spacial score (nSPS) is 14.9.